The molecule has 1 aliphatic carbocycles. The standard InChI is InChI=1S/C28H31NO4/c1-18-25(30)24-21(20-12-6-7-13-23(20)29-16-8-3-9-17-29)14-15-22(28(31)32)27(24)33-26(18)19-10-4-2-5-11-19/h2,4-5,10-11,14-15,20,23H,3,6-9,12-13,16-17H2,1H3,(H,31,32)/t20-,23-/m0/s1. The highest BCUT2D eigenvalue weighted by Crippen LogP contribution is 2.41. The predicted octanol–water partition coefficient (Wildman–Crippen LogP) is 5.98. The van der Waals surface area contributed by atoms with Gasteiger partial charge in [0.15, 0.2) is 11.0 Å². The van der Waals surface area contributed by atoms with Crippen molar-refractivity contribution in [2.24, 2.45) is 0 Å². The Morgan fingerprint density at radius 2 is 1.70 bits per heavy atom. The maximum Gasteiger partial charge on any atom is 0.339 e. The molecular formula is C28H31NO4. The van der Waals surface area contributed by atoms with Crippen LogP contribution < -0.4 is 5.43 Å². The molecule has 0 bridgehead atoms. The number of piperidine rings is 1. The maximum atomic E-state index is 13.8. The Morgan fingerprint density at radius 1 is 0.970 bits per heavy atom. The number of aromatic carboxylic acids is 1. The van der Waals surface area contributed by atoms with Gasteiger partial charge in [-0.15, -0.1) is 0 Å². The Hall–Kier alpha value is -2.92. The SMILES string of the molecule is Cc1c(-c2ccccc2)oc2c(C(=O)O)ccc([C@@H]3CCCC[C@@H]3N3CCCCC3)c2c1=O. The van der Waals surface area contributed by atoms with Gasteiger partial charge in [-0.3, -0.25) is 9.69 Å². The van der Waals surface area contributed by atoms with E-state index >= 15 is 0 Å². The summed E-state index contributed by atoms with van der Waals surface area (Å²) in [5.41, 5.74) is 2.41. The summed E-state index contributed by atoms with van der Waals surface area (Å²) in [4.78, 5) is 28.5. The van der Waals surface area contributed by atoms with Gasteiger partial charge < -0.3 is 9.52 Å². The molecule has 33 heavy (non-hydrogen) atoms. The van der Waals surface area contributed by atoms with Gasteiger partial charge in [-0.2, -0.15) is 0 Å². The number of fused-ring (bicyclic) bond motifs is 1. The first-order chi connectivity index (χ1) is 16.1. The predicted molar refractivity (Wildman–Crippen MR) is 130 cm³/mol. The van der Waals surface area contributed by atoms with E-state index in [-0.39, 0.29) is 22.5 Å². The van der Waals surface area contributed by atoms with Crippen LogP contribution in [-0.2, 0) is 0 Å². The van der Waals surface area contributed by atoms with Crippen molar-refractivity contribution in [1.82, 2.24) is 4.90 Å². The topological polar surface area (TPSA) is 70.8 Å². The summed E-state index contributed by atoms with van der Waals surface area (Å²) in [5, 5.41) is 10.4. The van der Waals surface area contributed by atoms with Crippen LogP contribution in [0.3, 0.4) is 0 Å². The first-order valence-corrected chi connectivity index (χ1v) is 12.2. The van der Waals surface area contributed by atoms with Crippen LogP contribution in [0.25, 0.3) is 22.3 Å². The Kier molecular flexibility index (Phi) is 6.07. The molecule has 2 heterocycles. The number of hydrogen-bond donors (Lipinski definition) is 1. The van der Waals surface area contributed by atoms with Gasteiger partial charge in [-0.1, -0.05) is 55.7 Å². The first kappa shape index (κ1) is 21.9. The fourth-order valence-electron chi connectivity index (χ4n) is 5.91. The zero-order valence-corrected chi connectivity index (χ0v) is 19.2. The van der Waals surface area contributed by atoms with Crippen molar-refractivity contribution < 1.29 is 14.3 Å². The third-order valence-corrected chi connectivity index (χ3v) is 7.56. The minimum Gasteiger partial charge on any atom is -0.478 e. The van der Waals surface area contributed by atoms with E-state index < -0.39 is 5.97 Å². The van der Waals surface area contributed by atoms with Crippen LogP contribution in [0, 0.1) is 6.92 Å². The smallest absolute Gasteiger partial charge is 0.339 e. The van der Waals surface area contributed by atoms with Gasteiger partial charge in [-0.25, -0.2) is 4.79 Å². The van der Waals surface area contributed by atoms with Gasteiger partial charge in [0.2, 0.25) is 0 Å². The van der Waals surface area contributed by atoms with Gasteiger partial charge >= 0.3 is 5.97 Å². The van der Waals surface area contributed by atoms with Crippen molar-refractivity contribution in [3.05, 3.63) is 69.4 Å². The summed E-state index contributed by atoms with van der Waals surface area (Å²) in [6, 6.07) is 13.4. The highest BCUT2D eigenvalue weighted by atomic mass is 16.4. The molecular weight excluding hydrogens is 414 g/mol. The van der Waals surface area contributed by atoms with Crippen LogP contribution in [0.1, 0.15) is 72.3 Å². The Bertz CT molecular complexity index is 1220. The van der Waals surface area contributed by atoms with Crippen molar-refractivity contribution in [1.29, 1.82) is 0 Å². The van der Waals surface area contributed by atoms with Crippen LogP contribution in [-0.4, -0.2) is 35.1 Å². The van der Waals surface area contributed by atoms with Crippen molar-refractivity contribution in [3.8, 4) is 11.3 Å². The molecule has 2 atom stereocenters. The fraction of sp³-hybridized carbons (Fsp3) is 0.429. The number of likely N-dealkylation sites (tertiary alicyclic amines) is 1. The lowest BCUT2D eigenvalue weighted by Gasteiger charge is -2.42. The summed E-state index contributed by atoms with van der Waals surface area (Å²) in [6.07, 6.45) is 8.21. The summed E-state index contributed by atoms with van der Waals surface area (Å²) in [6.45, 7) is 4.00. The molecule has 1 saturated heterocycles. The lowest BCUT2D eigenvalue weighted by Crippen LogP contribution is -2.44. The van der Waals surface area contributed by atoms with Crippen molar-refractivity contribution in [3.63, 3.8) is 0 Å². The minimum atomic E-state index is -1.08. The third-order valence-electron chi connectivity index (χ3n) is 7.56. The van der Waals surface area contributed by atoms with E-state index in [4.69, 9.17) is 4.42 Å². The molecule has 172 valence electrons. The van der Waals surface area contributed by atoms with Crippen LogP contribution >= 0.6 is 0 Å². The van der Waals surface area contributed by atoms with Crippen molar-refractivity contribution in [2.45, 2.75) is 63.8 Å². The highest BCUT2D eigenvalue weighted by Gasteiger charge is 2.34. The largest absolute Gasteiger partial charge is 0.478 e. The normalized spacial score (nSPS) is 21.8. The highest BCUT2D eigenvalue weighted by molar-refractivity contribution is 6.02. The summed E-state index contributed by atoms with van der Waals surface area (Å²) < 4.78 is 6.27. The first-order valence-electron chi connectivity index (χ1n) is 12.2. The average molecular weight is 446 g/mol. The summed E-state index contributed by atoms with van der Waals surface area (Å²) in [5.74, 6) is -0.412. The van der Waals surface area contributed by atoms with E-state index in [2.05, 4.69) is 4.90 Å². The van der Waals surface area contributed by atoms with E-state index in [1.54, 1.807) is 13.0 Å². The molecule has 5 heteroatoms. The zero-order valence-electron chi connectivity index (χ0n) is 19.2. The second-order valence-corrected chi connectivity index (χ2v) is 9.52. The van der Waals surface area contributed by atoms with Gasteiger partial charge in [0.1, 0.15) is 11.3 Å². The van der Waals surface area contributed by atoms with E-state index in [0.29, 0.717) is 22.8 Å². The van der Waals surface area contributed by atoms with Crippen LogP contribution in [0.2, 0.25) is 0 Å². The fourth-order valence-corrected chi connectivity index (χ4v) is 5.91. The van der Waals surface area contributed by atoms with Crippen LogP contribution in [0.5, 0.6) is 0 Å². The molecule has 0 amide bonds. The monoisotopic (exact) mass is 445 g/mol. The molecule has 0 spiro atoms. The average Bonchev–Trinajstić information content (AvgIpc) is 2.86. The van der Waals surface area contributed by atoms with Crippen LogP contribution in [0.4, 0.5) is 0 Å². The van der Waals surface area contributed by atoms with Gasteiger partial charge in [0, 0.05) is 23.1 Å². The second-order valence-electron chi connectivity index (χ2n) is 9.52. The number of carboxylic acid groups (broad SMARTS) is 1. The molecule has 1 aromatic heterocycles. The Balaban J connectivity index is 1.71. The molecule has 2 fully saturated rings. The molecule has 1 saturated carbocycles. The molecule has 2 aromatic carbocycles. The number of nitrogens with zero attached hydrogens (tertiary/aromatic N) is 1. The van der Waals surface area contributed by atoms with E-state index in [1.807, 2.05) is 36.4 Å². The third kappa shape index (κ3) is 3.99. The molecule has 1 aliphatic heterocycles. The number of rotatable bonds is 4. The minimum absolute atomic E-state index is 0.0494. The molecule has 5 rings (SSSR count). The summed E-state index contributed by atoms with van der Waals surface area (Å²) in [7, 11) is 0. The van der Waals surface area contributed by atoms with Crippen molar-refractivity contribution >= 4 is 16.9 Å². The Morgan fingerprint density at radius 3 is 2.42 bits per heavy atom. The van der Waals surface area contributed by atoms with E-state index in [0.717, 1.165) is 43.5 Å². The van der Waals surface area contributed by atoms with Crippen molar-refractivity contribution in [2.75, 3.05) is 13.1 Å². The van der Waals surface area contributed by atoms with Gasteiger partial charge in [0.25, 0.3) is 0 Å². The van der Waals surface area contributed by atoms with Crippen LogP contribution in [0.15, 0.2) is 51.7 Å². The Labute approximate surface area is 194 Å². The maximum absolute atomic E-state index is 13.8. The lowest BCUT2D eigenvalue weighted by molar-refractivity contribution is 0.0697. The lowest BCUT2D eigenvalue weighted by atomic mass is 9.77. The second kappa shape index (κ2) is 9.14. The zero-order chi connectivity index (χ0) is 22.9. The number of benzene rings is 2. The number of hydrogen-bond acceptors (Lipinski definition) is 4. The van der Waals surface area contributed by atoms with Gasteiger partial charge in [0.05, 0.1) is 5.39 Å². The molecule has 3 aromatic rings. The molecule has 0 radical (unpaired) electrons. The van der Waals surface area contributed by atoms with Gasteiger partial charge in [-0.05, 0) is 57.3 Å². The molecule has 2 aliphatic rings. The number of carbonyl (C=O) groups is 1. The van der Waals surface area contributed by atoms with E-state index in [1.165, 1.54) is 25.7 Å². The molecule has 1 N–H and O–H groups in total. The number of carboxylic acids is 1. The summed E-state index contributed by atoms with van der Waals surface area (Å²) >= 11 is 0. The molecule has 5 nitrogen and oxygen atoms in total. The molecule has 0 unspecified atom stereocenters. The quantitative estimate of drug-likeness (QED) is 0.535. The van der Waals surface area contributed by atoms with E-state index in [9.17, 15) is 14.7 Å².